The summed E-state index contributed by atoms with van der Waals surface area (Å²) in [4.78, 5) is 29.2. The van der Waals surface area contributed by atoms with E-state index in [1.165, 1.54) is 31.4 Å². The summed E-state index contributed by atoms with van der Waals surface area (Å²) in [5.41, 5.74) is 2.68. The Bertz CT molecular complexity index is 1100. The number of urea groups is 1. The maximum Gasteiger partial charge on any atom is 0.328 e. The normalized spacial score (nSPS) is 14.9. The highest BCUT2D eigenvalue weighted by Gasteiger charge is 2.30. The number of ether oxygens (including phenoxy) is 1. The molecule has 1 aliphatic rings. The Kier molecular flexibility index (Phi) is 8.28. The van der Waals surface area contributed by atoms with Gasteiger partial charge in [-0.25, -0.2) is 18.4 Å². The average molecular weight is 494 g/mol. The highest BCUT2D eigenvalue weighted by molar-refractivity contribution is 5.84. The van der Waals surface area contributed by atoms with Gasteiger partial charge in [0.1, 0.15) is 17.7 Å². The summed E-state index contributed by atoms with van der Waals surface area (Å²) in [5.74, 6) is -1.15. The second-order valence-electron chi connectivity index (χ2n) is 8.74. The van der Waals surface area contributed by atoms with Crippen LogP contribution < -0.4 is 5.32 Å². The van der Waals surface area contributed by atoms with Gasteiger partial charge in [-0.05, 0) is 41.0 Å². The van der Waals surface area contributed by atoms with Crippen molar-refractivity contribution in [3.63, 3.8) is 0 Å². The Morgan fingerprint density at radius 1 is 0.833 bits per heavy atom. The summed E-state index contributed by atoms with van der Waals surface area (Å²) >= 11 is 0. The van der Waals surface area contributed by atoms with Gasteiger partial charge >= 0.3 is 12.0 Å². The van der Waals surface area contributed by atoms with Gasteiger partial charge in [0.2, 0.25) is 0 Å². The molecule has 1 atom stereocenters. The number of nitrogens with zero attached hydrogens (tertiary/aromatic N) is 2. The van der Waals surface area contributed by atoms with Gasteiger partial charge in [-0.1, -0.05) is 54.6 Å². The minimum Gasteiger partial charge on any atom is -0.467 e. The van der Waals surface area contributed by atoms with E-state index in [9.17, 15) is 18.4 Å². The van der Waals surface area contributed by atoms with E-state index < -0.39 is 12.0 Å². The molecule has 36 heavy (non-hydrogen) atoms. The molecule has 1 heterocycles. The smallest absolute Gasteiger partial charge is 0.328 e. The third kappa shape index (κ3) is 6.26. The number of hydrogen-bond acceptors (Lipinski definition) is 4. The Labute approximate surface area is 209 Å². The number of esters is 1. The lowest BCUT2D eigenvalue weighted by Gasteiger charge is -2.40. The number of benzene rings is 3. The van der Waals surface area contributed by atoms with E-state index in [0.717, 1.165) is 16.7 Å². The van der Waals surface area contributed by atoms with Gasteiger partial charge < -0.3 is 15.0 Å². The molecule has 0 aliphatic carbocycles. The van der Waals surface area contributed by atoms with Crippen molar-refractivity contribution in [1.29, 1.82) is 0 Å². The predicted octanol–water partition coefficient (Wildman–Crippen LogP) is 4.17. The van der Waals surface area contributed by atoms with Crippen LogP contribution in [-0.4, -0.2) is 61.1 Å². The standard InChI is InChI=1S/C28H29F2N3O3/c1-36-27(34)25(19-20-5-3-2-4-6-20)31-28(35)33-17-15-32(16-18-33)26(21-7-11-23(29)12-8-21)22-9-13-24(30)14-10-22/h2-14,25-26H,15-19H2,1H3,(H,31,35)/t25-/m1/s1. The molecule has 0 saturated carbocycles. The minimum atomic E-state index is -0.797. The number of hydrogen-bond donors (Lipinski definition) is 1. The van der Waals surface area contributed by atoms with Crippen LogP contribution in [0, 0.1) is 11.6 Å². The van der Waals surface area contributed by atoms with Crippen LogP contribution in [0.1, 0.15) is 22.7 Å². The van der Waals surface area contributed by atoms with E-state index in [0.29, 0.717) is 32.6 Å². The number of amides is 2. The van der Waals surface area contributed by atoms with Crippen molar-refractivity contribution >= 4 is 12.0 Å². The first-order chi connectivity index (χ1) is 17.4. The van der Waals surface area contributed by atoms with Crippen molar-refractivity contribution in [2.75, 3.05) is 33.3 Å². The zero-order chi connectivity index (χ0) is 25.5. The van der Waals surface area contributed by atoms with E-state index >= 15 is 0 Å². The first-order valence-electron chi connectivity index (χ1n) is 11.9. The van der Waals surface area contributed by atoms with E-state index in [4.69, 9.17) is 4.74 Å². The zero-order valence-electron chi connectivity index (χ0n) is 20.1. The van der Waals surface area contributed by atoms with Crippen molar-refractivity contribution < 1.29 is 23.1 Å². The van der Waals surface area contributed by atoms with Gasteiger partial charge in [0, 0.05) is 32.6 Å². The summed E-state index contributed by atoms with van der Waals surface area (Å²) < 4.78 is 32.0. The first-order valence-corrected chi connectivity index (χ1v) is 11.9. The molecular weight excluding hydrogens is 464 g/mol. The zero-order valence-corrected chi connectivity index (χ0v) is 20.1. The molecule has 1 N–H and O–H groups in total. The Morgan fingerprint density at radius 3 is 1.86 bits per heavy atom. The van der Waals surface area contributed by atoms with Crippen LogP contribution >= 0.6 is 0 Å². The summed E-state index contributed by atoms with van der Waals surface area (Å²) in [5, 5.41) is 2.82. The second kappa shape index (κ2) is 11.8. The lowest BCUT2D eigenvalue weighted by atomic mass is 9.96. The largest absolute Gasteiger partial charge is 0.467 e. The van der Waals surface area contributed by atoms with Gasteiger partial charge in [-0.15, -0.1) is 0 Å². The number of piperazine rings is 1. The monoisotopic (exact) mass is 493 g/mol. The number of methoxy groups -OCH3 is 1. The summed E-state index contributed by atoms with van der Waals surface area (Å²) in [7, 11) is 1.30. The summed E-state index contributed by atoms with van der Waals surface area (Å²) in [6.07, 6.45) is 0.330. The predicted molar refractivity (Wildman–Crippen MR) is 132 cm³/mol. The van der Waals surface area contributed by atoms with Crippen LogP contribution in [0.2, 0.25) is 0 Å². The fourth-order valence-corrected chi connectivity index (χ4v) is 4.51. The molecule has 0 radical (unpaired) electrons. The molecule has 0 bridgehead atoms. The van der Waals surface area contributed by atoms with Crippen LogP contribution in [-0.2, 0) is 16.0 Å². The van der Waals surface area contributed by atoms with Crippen molar-refractivity contribution in [1.82, 2.24) is 15.1 Å². The molecule has 1 fully saturated rings. The molecule has 0 spiro atoms. The Morgan fingerprint density at radius 2 is 1.36 bits per heavy atom. The van der Waals surface area contributed by atoms with Crippen molar-refractivity contribution in [2.45, 2.75) is 18.5 Å². The molecule has 1 saturated heterocycles. The van der Waals surface area contributed by atoms with Gasteiger partial charge in [0.25, 0.3) is 0 Å². The molecule has 0 aromatic heterocycles. The van der Waals surface area contributed by atoms with Gasteiger partial charge in [-0.2, -0.15) is 0 Å². The lowest BCUT2D eigenvalue weighted by molar-refractivity contribution is -0.142. The van der Waals surface area contributed by atoms with E-state index in [2.05, 4.69) is 10.2 Å². The molecular formula is C28H29F2N3O3. The molecule has 4 rings (SSSR count). The lowest BCUT2D eigenvalue weighted by Crippen LogP contribution is -2.55. The van der Waals surface area contributed by atoms with Crippen LogP contribution in [0.25, 0.3) is 0 Å². The van der Waals surface area contributed by atoms with Crippen molar-refractivity contribution in [3.05, 3.63) is 107 Å². The SMILES string of the molecule is COC(=O)[C@@H](Cc1ccccc1)NC(=O)N1CCN(C(c2ccc(F)cc2)c2ccc(F)cc2)CC1. The van der Waals surface area contributed by atoms with Crippen LogP contribution in [0.3, 0.4) is 0 Å². The fourth-order valence-electron chi connectivity index (χ4n) is 4.51. The average Bonchev–Trinajstić information content (AvgIpc) is 2.91. The van der Waals surface area contributed by atoms with Gasteiger partial charge in [0.15, 0.2) is 0 Å². The molecule has 3 aromatic carbocycles. The van der Waals surface area contributed by atoms with E-state index in [1.54, 1.807) is 29.2 Å². The summed E-state index contributed by atoms with van der Waals surface area (Å²) in [6, 6.07) is 20.7. The molecule has 8 heteroatoms. The molecule has 0 unspecified atom stereocenters. The number of halogens is 2. The third-order valence-electron chi connectivity index (χ3n) is 6.40. The van der Waals surface area contributed by atoms with E-state index in [-0.39, 0.29) is 23.7 Å². The van der Waals surface area contributed by atoms with Crippen molar-refractivity contribution in [3.8, 4) is 0 Å². The van der Waals surface area contributed by atoms with Crippen molar-refractivity contribution in [2.24, 2.45) is 0 Å². The van der Waals surface area contributed by atoms with Crippen LogP contribution in [0.15, 0.2) is 78.9 Å². The molecule has 1 aliphatic heterocycles. The van der Waals surface area contributed by atoms with Gasteiger partial charge in [-0.3, -0.25) is 4.90 Å². The molecule has 3 aromatic rings. The molecule has 188 valence electrons. The number of carbonyl (C=O) groups excluding carboxylic acids is 2. The minimum absolute atomic E-state index is 0.211. The maximum atomic E-state index is 13.6. The van der Waals surface area contributed by atoms with Crippen LogP contribution in [0.4, 0.5) is 13.6 Å². The Hall–Kier alpha value is -3.78. The number of rotatable bonds is 7. The molecule has 2 amide bonds. The number of carbonyl (C=O) groups is 2. The second-order valence-corrected chi connectivity index (χ2v) is 8.74. The third-order valence-corrected chi connectivity index (χ3v) is 6.40. The summed E-state index contributed by atoms with van der Waals surface area (Å²) in [6.45, 7) is 1.97. The quantitative estimate of drug-likeness (QED) is 0.502. The number of nitrogens with one attached hydrogen (secondary N) is 1. The van der Waals surface area contributed by atoms with Gasteiger partial charge in [0.05, 0.1) is 13.2 Å². The van der Waals surface area contributed by atoms with E-state index in [1.807, 2.05) is 30.3 Å². The van der Waals surface area contributed by atoms with Crippen LogP contribution in [0.5, 0.6) is 0 Å². The highest BCUT2D eigenvalue weighted by Crippen LogP contribution is 2.30. The Balaban J connectivity index is 1.44. The maximum absolute atomic E-state index is 13.6. The molecule has 6 nitrogen and oxygen atoms in total. The first kappa shape index (κ1) is 25.3. The highest BCUT2D eigenvalue weighted by atomic mass is 19.1. The fraction of sp³-hybridized carbons (Fsp3) is 0.286. The topological polar surface area (TPSA) is 61.9 Å².